The summed E-state index contributed by atoms with van der Waals surface area (Å²) in [5, 5.41) is 11.4. The van der Waals surface area contributed by atoms with Crippen LogP contribution in [0.3, 0.4) is 0 Å². The van der Waals surface area contributed by atoms with Gasteiger partial charge in [0.15, 0.2) is 6.61 Å². The number of nitriles is 1. The number of nitrogens with zero attached hydrogens (tertiary/aromatic N) is 1. The van der Waals surface area contributed by atoms with E-state index in [9.17, 15) is 9.59 Å². The second-order valence-corrected chi connectivity index (χ2v) is 4.83. The Kier molecular flexibility index (Phi) is 5.10. The van der Waals surface area contributed by atoms with Gasteiger partial charge >= 0.3 is 5.97 Å². The van der Waals surface area contributed by atoms with Gasteiger partial charge in [-0.15, -0.1) is 0 Å². The van der Waals surface area contributed by atoms with Gasteiger partial charge in [0.25, 0.3) is 5.91 Å². The molecule has 0 unspecified atom stereocenters. The van der Waals surface area contributed by atoms with Crippen molar-refractivity contribution in [3.05, 3.63) is 42.0 Å². The molecule has 0 spiro atoms. The first kappa shape index (κ1) is 14.8. The standard InChI is InChI=1S/C16H16N2O3/c17-10-12-5-4-8-14(9-12)18-15(19)11-21-16(20)13-6-2-1-3-7-13/h1-2,4-5,8-9,13H,3,6-7,11H2,(H,18,19)/t13-/m0/s1. The van der Waals surface area contributed by atoms with Crippen LogP contribution in [0.1, 0.15) is 24.8 Å². The Bertz CT molecular complexity index is 602. The van der Waals surface area contributed by atoms with Crippen molar-refractivity contribution in [1.29, 1.82) is 5.26 Å². The van der Waals surface area contributed by atoms with Crippen molar-refractivity contribution in [3.63, 3.8) is 0 Å². The van der Waals surface area contributed by atoms with Gasteiger partial charge in [0.2, 0.25) is 0 Å². The molecule has 1 amide bonds. The molecule has 1 aromatic rings. The van der Waals surface area contributed by atoms with Gasteiger partial charge in [0.05, 0.1) is 17.6 Å². The molecule has 1 atom stereocenters. The fourth-order valence-electron chi connectivity index (χ4n) is 2.13. The number of ether oxygens (including phenoxy) is 1. The molecule has 1 aromatic carbocycles. The van der Waals surface area contributed by atoms with Gasteiger partial charge in [-0.25, -0.2) is 0 Å². The average molecular weight is 284 g/mol. The van der Waals surface area contributed by atoms with E-state index >= 15 is 0 Å². The second-order valence-electron chi connectivity index (χ2n) is 4.83. The van der Waals surface area contributed by atoms with Crippen molar-refractivity contribution in [1.82, 2.24) is 0 Å². The molecule has 5 heteroatoms. The van der Waals surface area contributed by atoms with E-state index in [0.717, 1.165) is 12.8 Å². The van der Waals surface area contributed by atoms with Crippen LogP contribution in [0.15, 0.2) is 36.4 Å². The molecule has 0 saturated heterocycles. The molecule has 0 bridgehead atoms. The van der Waals surface area contributed by atoms with Gasteiger partial charge in [0, 0.05) is 5.69 Å². The number of carbonyl (C=O) groups excluding carboxylic acids is 2. The maximum atomic E-state index is 11.8. The molecular formula is C16H16N2O3. The Hall–Kier alpha value is -2.61. The molecule has 21 heavy (non-hydrogen) atoms. The van der Waals surface area contributed by atoms with Crippen molar-refractivity contribution >= 4 is 17.6 Å². The molecule has 5 nitrogen and oxygen atoms in total. The minimum atomic E-state index is -0.412. The molecule has 0 saturated carbocycles. The number of carbonyl (C=O) groups is 2. The molecule has 0 aromatic heterocycles. The Morgan fingerprint density at radius 2 is 2.24 bits per heavy atom. The zero-order valence-corrected chi connectivity index (χ0v) is 11.5. The third-order valence-electron chi connectivity index (χ3n) is 3.22. The van der Waals surface area contributed by atoms with Crippen molar-refractivity contribution in [2.75, 3.05) is 11.9 Å². The Balaban J connectivity index is 1.80. The van der Waals surface area contributed by atoms with Crippen LogP contribution in [-0.4, -0.2) is 18.5 Å². The van der Waals surface area contributed by atoms with Crippen LogP contribution >= 0.6 is 0 Å². The number of esters is 1. The lowest BCUT2D eigenvalue weighted by Crippen LogP contribution is -2.25. The number of benzene rings is 1. The number of rotatable bonds is 4. The molecule has 1 N–H and O–H groups in total. The van der Waals surface area contributed by atoms with E-state index in [1.54, 1.807) is 24.3 Å². The molecule has 0 fully saturated rings. The minimum absolute atomic E-state index is 0.148. The van der Waals surface area contributed by atoms with Crippen LogP contribution in [-0.2, 0) is 14.3 Å². The van der Waals surface area contributed by atoms with Gasteiger partial charge in [0.1, 0.15) is 0 Å². The largest absolute Gasteiger partial charge is 0.455 e. The summed E-state index contributed by atoms with van der Waals surface area (Å²) in [5.41, 5.74) is 0.967. The van der Waals surface area contributed by atoms with Crippen LogP contribution < -0.4 is 5.32 Å². The summed E-state index contributed by atoms with van der Waals surface area (Å²) >= 11 is 0. The molecule has 2 rings (SSSR count). The van der Waals surface area contributed by atoms with Crippen molar-refractivity contribution in [3.8, 4) is 6.07 Å². The normalized spacial score (nSPS) is 16.8. The highest BCUT2D eigenvalue weighted by Gasteiger charge is 2.20. The highest BCUT2D eigenvalue weighted by atomic mass is 16.5. The molecular weight excluding hydrogens is 268 g/mol. The van der Waals surface area contributed by atoms with E-state index in [1.807, 2.05) is 18.2 Å². The predicted octanol–water partition coefficient (Wildman–Crippen LogP) is 2.40. The van der Waals surface area contributed by atoms with Gasteiger partial charge in [-0.3, -0.25) is 9.59 Å². The number of hydrogen-bond acceptors (Lipinski definition) is 4. The lowest BCUT2D eigenvalue weighted by atomic mass is 9.95. The molecule has 0 radical (unpaired) electrons. The molecule has 1 aliphatic rings. The minimum Gasteiger partial charge on any atom is -0.455 e. The lowest BCUT2D eigenvalue weighted by Gasteiger charge is -2.16. The number of allylic oxidation sites excluding steroid dienone is 2. The van der Waals surface area contributed by atoms with E-state index in [2.05, 4.69) is 5.32 Å². The monoisotopic (exact) mass is 284 g/mol. The van der Waals surface area contributed by atoms with Gasteiger partial charge in [-0.05, 0) is 37.5 Å². The van der Waals surface area contributed by atoms with Gasteiger partial charge in [-0.1, -0.05) is 18.2 Å². The van der Waals surface area contributed by atoms with E-state index in [-0.39, 0.29) is 18.5 Å². The maximum Gasteiger partial charge on any atom is 0.309 e. The number of nitrogens with one attached hydrogen (secondary N) is 1. The highest BCUT2D eigenvalue weighted by Crippen LogP contribution is 2.19. The first-order chi connectivity index (χ1) is 10.2. The lowest BCUT2D eigenvalue weighted by molar-refractivity contribution is -0.151. The van der Waals surface area contributed by atoms with Gasteiger partial charge in [-0.2, -0.15) is 5.26 Å². The number of amides is 1. The van der Waals surface area contributed by atoms with Crippen molar-refractivity contribution in [2.24, 2.45) is 5.92 Å². The summed E-state index contributed by atoms with van der Waals surface area (Å²) in [7, 11) is 0. The zero-order chi connectivity index (χ0) is 15.1. The highest BCUT2D eigenvalue weighted by molar-refractivity contribution is 5.93. The molecule has 0 heterocycles. The summed E-state index contributed by atoms with van der Waals surface area (Å²) < 4.78 is 5.02. The number of anilines is 1. The summed E-state index contributed by atoms with van der Waals surface area (Å²) in [6.07, 6.45) is 6.31. The van der Waals surface area contributed by atoms with E-state index in [1.165, 1.54) is 0 Å². The maximum absolute atomic E-state index is 11.8. The predicted molar refractivity (Wildman–Crippen MR) is 77.2 cm³/mol. The van der Waals surface area contributed by atoms with E-state index in [4.69, 9.17) is 10.00 Å². The molecule has 108 valence electrons. The fourth-order valence-corrected chi connectivity index (χ4v) is 2.13. The summed E-state index contributed by atoms with van der Waals surface area (Å²) in [5.74, 6) is -0.894. The Morgan fingerprint density at radius 1 is 1.38 bits per heavy atom. The quantitative estimate of drug-likeness (QED) is 0.680. The van der Waals surface area contributed by atoms with Crippen molar-refractivity contribution in [2.45, 2.75) is 19.3 Å². The smallest absolute Gasteiger partial charge is 0.309 e. The third kappa shape index (κ3) is 4.46. The topological polar surface area (TPSA) is 79.2 Å². The van der Waals surface area contributed by atoms with Crippen LogP contribution in [0.2, 0.25) is 0 Å². The van der Waals surface area contributed by atoms with E-state index < -0.39 is 5.91 Å². The zero-order valence-electron chi connectivity index (χ0n) is 11.5. The SMILES string of the molecule is N#Cc1cccc(NC(=O)COC(=O)[C@H]2CC=CCC2)c1. The summed E-state index contributed by atoms with van der Waals surface area (Å²) in [4.78, 5) is 23.5. The molecule has 0 aliphatic heterocycles. The van der Waals surface area contributed by atoms with Crippen LogP contribution in [0.5, 0.6) is 0 Å². The van der Waals surface area contributed by atoms with Crippen LogP contribution in [0.4, 0.5) is 5.69 Å². The summed E-state index contributed by atoms with van der Waals surface area (Å²) in [6.45, 7) is -0.310. The number of hydrogen-bond donors (Lipinski definition) is 1. The van der Waals surface area contributed by atoms with Crippen LogP contribution in [0, 0.1) is 17.2 Å². The molecule has 1 aliphatic carbocycles. The third-order valence-corrected chi connectivity index (χ3v) is 3.22. The second kappa shape index (κ2) is 7.25. The first-order valence-electron chi connectivity index (χ1n) is 6.80. The fraction of sp³-hybridized carbons (Fsp3) is 0.312. The average Bonchev–Trinajstić information content (AvgIpc) is 2.53. The van der Waals surface area contributed by atoms with Crippen LogP contribution in [0.25, 0.3) is 0 Å². The summed E-state index contributed by atoms with van der Waals surface area (Å²) in [6, 6.07) is 8.55. The Morgan fingerprint density at radius 3 is 2.95 bits per heavy atom. The van der Waals surface area contributed by atoms with Gasteiger partial charge < -0.3 is 10.1 Å². The van der Waals surface area contributed by atoms with E-state index in [0.29, 0.717) is 17.7 Å². The van der Waals surface area contributed by atoms with Crippen molar-refractivity contribution < 1.29 is 14.3 Å². The first-order valence-corrected chi connectivity index (χ1v) is 6.80. The Labute approximate surface area is 123 Å².